The molecule has 0 fully saturated rings. The zero-order chi connectivity index (χ0) is 39.9. The Morgan fingerprint density at radius 3 is 0.933 bits per heavy atom. The van der Waals surface area contributed by atoms with Gasteiger partial charge in [-0.2, -0.15) is 0 Å². The summed E-state index contributed by atoms with van der Waals surface area (Å²) in [6.45, 7) is 4.15. The molecule has 0 amide bonds. The zero-order valence-corrected chi connectivity index (χ0v) is 32.6. The third-order valence-corrected chi connectivity index (χ3v) is 11.5. The van der Waals surface area contributed by atoms with E-state index in [-0.39, 0.29) is 0 Å². The molecule has 8 aromatic carbocycles. The van der Waals surface area contributed by atoms with Crippen LogP contribution in [0.4, 0.5) is 0 Å². The Morgan fingerprint density at radius 1 is 0.283 bits per heavy atom. The van der Waals surface area contributed by atoms with E-state index in [1.807, 2.05) is 48.5 Å². The summed E-state index contributed by atoms with van der Waals surface area (Å²) in [5, 5.41) is 8.25. The lowest BCUT2D eigenvalue weighted by Gasteiger charge is -1.96. The number of rotatable bonds is 2. The smallest absolute Gasteiger partial charge is 0.136 e. The Balaban J connectivity index is 0.812. The first-order valence-electron chi connectivity index (χ1n) is 19.9. The van der Waals surface area contributed by atoms with Crippen molar-refractivity contribution < 1.29 is 17.7 Å². The van der Waals surface area contributed by atoms with Crippen LogP contribution in [-0.2, 0) is 0 Å². The molecule has 0 bridgehead atoms. The van der Waals surface area contributed by atoms with Crippen LogP contribution in [0.2, 0.25) is 0 Å². The third-order valence-electron chi connectivity index (χ3n) is 11.5. The van der Waals surface area contributed by atoms with E-state index in [2.05, 4.69) is 147 Å². The molecular weight excluding hydrogens is 737 g/mol. The molecule has 0 unspecified atom stereocenters. The summed E-state index contributed by atoms with van der Waals surface area (Å²) in [6.07, 6.45) is 4.21. The molecule has 0 saturated heterocycles. The molecule has 0 radical (unpaired) electrons. The lowest BCUT2D eigenvalue weighted by Crippen LogP contribution is -1.77. The van der Waals surface area contributed by atoms with Crippen LogP contribution < -0.4 is 0 Å². The first-order chi connectivity index (χ1) is 29.4. The number of hydrogen-bond donors (Lipinski definition) is 0. The highest BCUT2D eigenvalue weighted by Gasteiger charge is 2.16. The Kier molecular flexibility index (Phi) is 7.45. The number of benzene rings is 8. The van der Waals surface area contributed by atoms with Gasteiger partial charge >= 0.3 is 0 Å². The average molecular weight is 769 g/mol. The van der Waals surface area contributed by atoms with E-state index in [1.165, 1.54) is 11.1 Å². The molecule has 4 nitrogen and oxygen atoms in total. The molecule has 0 N–H and O–H groups in total. The van der Waals surface area contributed by atoms with E-state index in [9.17, 15) is 0 Å². The van der Waals surface area contributed by atoms with Gasteiger partial charge in [0.1, 0.15) is 44.7 Å². The quantitative estimate of drug-likeness (QED) is 0.130. The van der Waals surface area contributed by atoms with Crippen molar-refractivity contribution in [2.24, 2.45) is 0 Å². The molecule has 0 atom stereocenters. The Morgan fingerprint density at radius 2 is 0.567 bits per heavy atom. The van der Waals surface area contributed by atoms with Gasteiger partial charge in [0.05, 0.1) is 0 Å². The van der Waals surface area contributed by atoms with E-state index in [0.29, 0.717) is 0 Å². The van der Waals surface area contributed by atoms with E-state index in [4.69, 9.17) is 17.7 Å². The Hall–Kier alpha value is -8.18. The van der Waals surface area contributed by atoms with E-state index in [1.54, 1.807) is 0 Å². The van der Waals surface area contributed by atoms with Gasteiger partial charge < -0.3 is 17.7 Å². The maximum absolute atomic E-state index is 6.45. The lowest BCUT2D eigenvalue weighted by molar-refractivity contribution is 0.664. The first kappa shape index (κ1) is 33.9. The van der Waals surface area contributed by atoms with Gasteiger partial charge in [0.2, 0.25) is 0 Å². The fourth-order valence-corrected chi connectivity index (χ4v) is 8.24. The van der Waals surface area contributed by atoms with E-state index < -0.39 is 0 Å². The van der Waals surface area contributed by atoms with E-state index >= 15 is 0 Å². The zero-order valence-electron chi connectivity index (χ0n) is 32.6. The lowest BCUT2D eigenvalue weighted by atomic mass is 10.1. The van der Waals surface area contributed by atoms with Gasteiger partial charge in [0, 0.05) is 65.3 Å². The maximum atomic E-state index is 6.45. The van der Waals surface area contributed by atoms with Crippen molar-refractivity contribution in [3.05, 3.63) is 190 Å². The van der Waals surface area contributed by atoms with Gasteiger partial charge in [-0.1, -0.05) is 83.4 Å². The molecule has 4 heterocycles. The Labute approximate surface area is 343 Å². The maximum Gasteiger partial charge on any atom is 0.136 e. The van der Waals surface area contributed by atoms with Gasteiger partial charge in [-0.15, -0.1) is 0 Å². The molecule has 280 valence electrons. The van der Waals surface area contributed by atoms with Crippen LogP contribution in [-0.4, -0.2) is 0 Å². The number of fused-ring (bicyclic) bond motifs is 12. The van der Waals surface area contributed by atoms with Crippen molar-refractivity contribution in [2.75, 3.05) is 0 Å². The number of aryl methyl sites for hydroxylation is 2. The van der Waals surface area contributed by atoms with Crippen LogP contribution in [0.5, 0.6) is 0 Å². The van der Waals surface area contributed by atoms with Crippen molar-refractivity contribution in [3.8, 4) is 23.7 Å². The van der Waals surface area contributed by atoms with Crippen molar-refractivity contribution in [3.63, 3.8) is 0 Å². The van der Waals surface area contributed by atoms with Crippen LogP contribution in [0.1, 0.15) is 44.5 Å². The topological polar surface area (TPSA) is 52.6 Å². The fraction of sp³-hybridized carbons (Fsp3) is 0.0357. The highest BCUT2D eigenvalue weighted by Crippen LogP contribution is 2.39. The van der Waals surface area contributed by atoms with Gasteiger partial charge in [0.25, 0.3) is 0 Å². The molecule has 12 rings (SSSR count). The van der Waals surface area contributed by atoms with Crippen molar-refractivity contribution >= 4 is 99.9 Å². The highest BCUT2D eigenvalue weighted by atomic mass is 16.3. The molecule has 0 aliphatic heterocycles. The van der Waals surface area contributed by atoms with Gasteiger partial charge in [-0.3, -0.25) is 0 Å². The van der Waals surface area contributed by atoms with Crippen molar-refractivity contribution in [1.29, 1.82) is 0 Å². The second-order valence-corrected chi connectivity index (χ2v) is 15.6. The minimum Gasteiger partial charge on any atom is -0.456 e. The van der Waals surface area contributed by atoms with Gasteiger partial charge in [-0.05, 0) is 134 Å². The van der Waals surface area contributed by atoms with Gasteiger partial charge in [-0.25, -0.2) is 0 Å². The average Bonchev–Trinajstić information content (AvgIpc) is 4.02. The summed E-state index contributed by atoms with van der Waals surface area (Å²) in [4.78, 5) is 0. The minimum absolute atomic E-state index is 0.810. The second kappa shape index (κ2) is 13.2. The fourth-order valence-electron chi connectivity index (χ4n) is 8.24. The number of hydrogen-bond acceptors (Lipinski definition) is 4. The van der Waals surface area contributed by atoms with Crippen LogP contribution in [0.25, 0.3) is 99.9 Å². The van der Waals surface area contributed by atoms with Crippen molar-refractivity contribution in [1.82, 2.24) is 0 Å². The Bertz CT molecular complexity index is 3640. The SMILES string of the molecule is Cc1ccc(C#Cc2ccc3c(c2)oc2cc4c(cc23)oc2cc(/C=C/c3ccc5c(c3)oc3cc6c(cc35)oc3cc(C#Cc5ccc(C)cc5)ccc36)ccc24)cc1. The third kappa shape index (κ3) is 5.82. The molecule has 0 aliphatic carbocycles. The molecule has 0 saturated carbocycles. The first-order valence-corrected chi connectivity index (χ1v) is 19.9. The summed E-state index contributed by atoms with van der Waals surface area (Å²) in [5.41, 5.74) is 14.9. The number of furan rings is 4. The molecule has 0 spiro atoms. The highest BCUT2D eigenvalue weighted by molar-refractivity contribution is 6.16. The molecule has 4 heteroatoms. The summed E-state index contributed by atoms with van der Waals surface area (Å²) < 4.78 is 25.6. The molecular formula is C56H32O4. The summed E-state index contributed by atoms with van der Waals surface area (Å²) >= 11 is 0. The largest absolute Gasteiger partial charge is 0.456 e. The molecule has 12 aromatic rings. The van der Waals surface area contributed by atoms with Crippen LogP contribution >= 0.6 is 0 Å². The van der Waals surface area contributed by atoms with Crippen LogP contribution in [0.3, 0.4) is 0 Å². The summed E-state index contributed by atoms with van der Waals surface area (Å²) in [5.74, 6) is 13.1. The molecule has 4 aromatic heterocycles. The standard InChI is InChI=1S/C56H32O4/c1-33-3-7-35(8-4-33)11-13-37-17-21-41-45-29-55-47(31-53(45)57-49(41)25-37)43-23-19-39(27-51(43)59-55)15-16-40-20-24-44-48-32-54-46(30-56(48)60-52(44)28-40)42-22-18-38(26-50(42)58-54)14-12-36-9-5-34(2)6-10-36/h3-10,15-32H,1-2H3/b16-15+. The van der Waals surface area contributed by atoms with Crippen LogP contribution in [0, 0.1) is 37.5 Å². The molecule has 60 heavy (non-hydrogen) atoms. The summed E-state index contributed by atoms with van der Waals surface area (Å²) in [7, 11) is 0. The van der Waals surface area contributed by atoms with Crippen LogP contribution in [0.15, 0.2) is 163 Å². The monoisotopic (exact) mass is 768 g/mol. The summed E-state index contributed by atoms with van der Waals surface area (Å²) in [6, 6.07) is 49.8. The van der Waals surface area contributed by atoms with Crippen molar-refractivity contribution in [2.45, 2.75) is 13.8 Å². The second-order valence-electron chi connectivity index (χ2n) is 15.6. The molecule has 0 aliphatic rings. The van der Waals surface area contributed by atoms with Gasteiger partial charge in [0.15, 0.2) is 0 Å². The predicted molar refractivity (Wildman–Crippen MR) is 245 cm³/mol. The minimum atomic E-state index is 0.810. The normalized spacial score (nSPS) is 11.8. The van der Waals surface area contributed by atoms with E-state index in [0.717, 1.165) is 121 Å². The predicted octanol–water partition coefficient (Wildman–Crippen LogP) is 14.9.